The Hall–Kier alpha value is -2.04. The van der Waals surface area contributed by atoms with Gasteiger partial charge in [-0.25, -0.2) is 4.79 Å². The van der Waals surface area contributed by atoms with Crippen molar-refractivity contribution in [1.82, 2.24) is 0 Å². The fraction of sp³-hybridized carbons (Fsp3) is 0.133. The molecule has 2 aromatic rings. The number of aromatic carboxylic acids is 1. The Morgan fingerprint density at radius 3 is 2.50 bits per heavy atom. The number of rotatable bonds is 5. The second-order valence-electron chi connectivity index (χ2n) is 4.10. The number of carbonyl (C=O) groups is 1. The smallest absolute Gasteiger partial charge is 0.341 e. The van der Waals surface area contributed by atoms with Gasteiger partial charge < -0.3 is 14.9 Å². The van der Waals surface area contributed by atoms with Crippen molar-refractivity contribution < 1.29 is 19.7 Å². The van der Waals surface area contributed by atoms with E-state index in [0.717, 1.165) is 5.56 Å². The van der Waals surface area contributed by atoms with Crippen molar-refractivity contribution in [1.29, 1.82) is 0 Å². The van der Waals surface area contributed by atoms with Crippen molar-refractivity contribution in [3.63, 3.8) is 0 Å². The third kappa shape index (κ3) is 3.10. The third-order valence-corrected chi connectivity index (χ3v) is 3.08. The SMILES string of the molecule is O=C(O)c1c(Cl)cccc1Oc1ccccc1CCO. The van der Waals surface area contributed by atoms with E-state index < -0.39 is 5.97 Å². The summed E-state index contributed by atoms with van der Waals surface area (Å²) in [6, 6.07) is 11.8. The molecule has 5 heteroatoms. The average molecular weight is 293 g/mol. The van der Waals surface area contributed by atoms with Gasteiger partial charge in [0.15, 0.2) is 0 Å². The number of hydrogen-bond acceptors (Lipinski definition) is 3. The predicted octanol–water partition coefficient (Wildman–Crippen LogP) is 3.37. The van der Waals surface area contributed by atoms with Crippen molar-refractivity contribution in [2.75, 3.05) is 6.61 Å². The van der Waals surface area contributed by atoms with Crippen LogP contribution in [0.25, 0.3) is 0 Å². The van der Waals surface area contributed by atoms with Gasteiger partial charge in [-0.2, -0.15) is 0 Å². The third-order valence-electron chi connectivity index (χ3n) is 2.76. The van der Waals surface area contributed by atoms with Crippen LogP contribution in [-0.4, -0.2) is 22.8 Å². The minimum Gasteiger partial charge on any atom is -0.478 e. The molecule has 0 unspecified atom stereocenters. The summed E-state index contributed by atoms with van der Waals surface area (Å²) >= 11 is 5.89. The van der Waals surface area contributed by atoms with Crippen molar-refractivity contribution in [3.05, 3.63) is 58.6 Å². The predicted molar refractivity (Wildman–Crippen MR) is 75.7 cm³/mol. The molecule has 0 saturated carbocycles. The summed E-state index contributed by atoms with van der Waals surface area (Å²) in [6.45, 7) is -0.0122. The molecule has 2 aromatic carbocycles. The van der Waals surface area contributed by atoms with Crippen LogP contribution in [0.2, 0.25) is 5.02 Å². The second-order valence-corrected chi connectivity index (χ2v) is 4.51. The van der Waals surface area contributed by atoms with Crippen LogP contribution in [0.5, 0.6) is 11.5 Å². The molecule has 0 atom stereocenters. The van der Waals surface area contributed by atoms with Gasteiger partial charge in [0.25, 0.3) is 0 Å². The van der Waals surface area contributed by atoms with Crippen LogP contribution >= 0.6 is 11.6 Å². The Morgan fingerprint density at radius 2 is 1.80 bits per heavy atom. The Morgan fingerprint density at radius 1 is 1.10 bits per heavy atom. The van der Waals surface area contributed by atoms with Gasteiger partial charge in [0.1, 0.15) is 17.1 Å². The molecular formula is C15H13ClO4. The van der Waals surface area contributed by atoms with Gasteiger partial charge in [0, 0.05) is 6.61 Å². The van der Waals surface area contributed by atoms with Crippen molar-refractivity contribution in [2.24, 2.45) is 0 Å². The van der Waals surface area contributed by atoms with Crippen LogP contribution in [-0.2, 0) is 6.42 Å². The zero-order valence-corrected chi connectivity index (χ0v) is 11.3. The lowest BCUT2D eigenvalue weighted by Crippen LogP contribution is -2.02. The number of hydrogen-bond donors (Lipinski definition) is 2. The van der Waals surface area contributed by atoms with E-state index in [1.807, 2.05) is 12.1 Å². The van der Waals surface area contributed by atoms with E-state index in [1.54, 1.807) is 24.3 Å². The summed E-state index contributed by atoms with van der Waals surface area (Å²) in [5.41, 5.74) is 0.722. The largest absolute Gasteiger partial charge is 0.478 e. The lowest BCUT2D eigenvalue weighted by Gasteiger charge is -2.13. The molecule has 0 bridgehead atoms. The first-order chi connectivity index (χ1) is 9.63. The lowest BCUT2D eigenvalue weighted by atomic mass is 10.1. The fourth-order valence-corrected chi connectivity index (χ4v) is 2.09. The van der Waals surface area contributed by atoms with Gasteiger partial charge in [0.2, 0.25) is 0 Å². The number of aliphatic hydroxyl groups excluding tert-OH is 1. The Balaban J connectivity index is 2.40. The summed E-state index contributed by atoms with van der Waals surface area (Å²) in [5, 5.41) is 18.3. The van der Waals surface area contributed by atoms with Gasteiger partial charge in [-0.3, -0.25) is 0 Å². The number of halogens is 1. The number of benzene rings is 2. The molecule has 0 aromatic heterocycles. The Bertz CT molecular complexity index is 625. The molecular weight excluding hydrogens is 280 g/mol. The van der Waals surface area contributed by atoms with Crippen LogP contribution in [0.1, 0.15) is 15.9 Å². The van der Waals surface area contributed by atoms with Crippen LogP contribution in [0.3, 0.4) is 0 Å². The van der Waals surface area contributed by atoms with Crippen molar-refractivity contribution in [2.45, 2.75) is 6.42 Å². The standard InChI is InChI=1S/C15H13ClO4/c16-11-5-3-7-13(14(11)15(18)19)20-12-6-2-1-4-10(12)8-9-17/h1-7,17H,8-9H2,(H,18,19). The van der Waals surface area contributed by atoms with Crippen LogP contribution in [0, 0.1) is 0 Å². The molecule has 4 nitrogen and oxygen atoms in total. The summed E-state index contributed by atoms with van der Waals surface area (Å²) in [6.07, 6.45) is 0.430. The van der Waals surface area contributed by atoms with Gasteiger partial charge in [-0.05, 0) is 30.2 Å². The molecule has 20 heavy (non-hydrogen) atoms. The molecule has 0 amide bonds. The molecule has 0 radical (unpaired) electrons. The second kappa shape index (κ2) is 6.41. The quantitative estimate of drug-likeness (QED) is 0.887. The fourth-order valence-electron chi connectivity index (χ4n) is 1.85. The van der Waals surface area contributed by atoms with Crippen LogP contribution < -0.4 is 4.74 Å². The number of para-hydroxylation sites is 1. The summed E-state index contributed by atoms with van der Waals surface area (Å²) in [5.74, 6) is -0.466. The lowest BCUT2D eigenvalue weighted by molar-refractivity contribution is 0.0694. The first kappa shape index (κ1) is 14.4. The van der Waals surface area contributed by atoms with E-state index in [2.05, 4.69) is 0 Å². The summed E-state index contributed by atoms with van der Waals surface area (Å²) in [4.78, 5) is 11.2. The molecule has 0 aliphatic heterocycles. The molecule has 2 N–H and O–H groups in total. The van der Waals surface area contributed by atoms with Crippen molar-refractivity contribution >= 4 is 17.6 Å². The van der Waals surface area contributed by atoms with E-state index in [4.69, 9.17) is 21.4 Å². The van der Waals surface area contributed by atoms with Gasteiger partial charge >= 0.3 is 5.97 Å². The highest BCUT2D eigenvalue weighted by Gasteiger charge is 2.17. The van der Waals surface area contributed by atoms with Crippen LogP contribution in [0.15, 0.2) is 42.5 Å². The zero-order valence-electron chi connectivity index (χ0n) is 10.5. The molecule has 2 rings (SSSR count). The zero-order chi connectivity index (χ0) is 14.5. The highest BCUT2D eigenvalue weighted by molar-refractivity contribution is 6.33. The highest BCUT2D eigenvalue weighted by Crippen LogP contribution is 2.32. The molecule has 0 saturated heterocycles. The number of ether oxygens (including phenoxy) is 1. The van der Waals surface area contributed by atoms with E-state index in [0.29, 0.717) is 12.2 Å². The van der Waals surface area contributed by atoms with Crippen molar-refractivity contribution in [3.8, 4) is 11.5 Å². The molecule has 104 valence electrons. The van der Waals surface area contributed by atoms with Gasteiger partial charge in [-0.1, -0.05) is 35.9 Å². The normalized spacial score (nSPS) is 10.3. The van der Waals surface area contributed by atoms with Gasteiger partial charge in [-0.15, -0.1) is 0 Å². The number of carboxylic acids is 1. The van der Waals surface area contributed by atoms with E-state index in [-0.39, 0.29) is 22.9 Å². The molecule has 0 aliphatic rings. The monoisotopic (exact) mass is 292 g/mol. The molecule has 0 aliphatic carbocycles. The summed E-state index contributed by atoms with van der Waals surface area (Å²) in [7, 11) is 0. The minimum absolute atomic E-state index is 0.0122. The Labute approximate surface area is 121 Å². The van der Waals surface area contributed by atoms with E-state index in [9.17, 15) is 9.90 Å². The maximum absolute atomic E-state index is 11.2. The van der Waals surface area contributed by atoms with E-state index in [1.165, 1.54) is 6.07 Å². The van der Waals surface area contributed by atoms with E-state index >= 15 is 0 Å². The first-order valence-corrected chi connectivity index (χ1v) is 6.39. The molecule has 0 fully saturated rings. The Kier molecular flexibility index (Phi) is 4.61. The average Bonchev–Trinajstić information content (AvgIpc) is 2.41. The minimum atomic E-state index is -1.15. The summed E-state index contributed by atoms with van der Waals surface area (Å²) < 4.78 is 5.66. The maximum atomic E-state index is 11.2. The first-order valence-electron chi connectivity index (χ1n) is 6.02. The number of carboxylic acid groups (broad SMARTS) is 1. The molecule has 0 spiro atoms. The van der Waals surface area contributed by atoms with Gasteiger partial charge in [0.05, 0.1) is 5.02 Å². The topological polar surface area (TPSA) is 66.8 Å². The van der Waals surface area contributed by atoms with Crippen LogP contribution in [0.4, 0.5) is 0 Å². The number of aliphatic hydroxyl groups is 1. The highest BCUT2D eigenvalue weighted by atomic mass is 35.5. The molecule has 0 heterocycles. The maximum Gasteiger partial charge on any atom is 0.341 e.